The van der Waals surface area contributed by atoms with E-state index >= 15 is 0 Å². The molecule has 0 fully saturated rings. The minimum Gasteiger partial charge on any atom is -0.504 e. The summed E-state index contributed by atoms with van der Waals surface area (Å²) in [7, 11) is 1.37. The number of Topliss-reactive ketones (excluding diaryl/α,β-unsaturated/α-hetero) is 1. The van der Waals surface area contributed by atoms with Crippen LogP contribution < -0.4 is 26.2 Å². The van der Waals surface area contributed by atoms with Crippen LogP contribution >= 0.6 is 0 Å². The monoisotopic (exact) mass is 610 g/mol. The number of carbonyl (C=O) groups excluding carboxylic acids is 1. The molecule has 232 valence electrons. The zero-order chi connectivity index (χ0) is 32.3. The highest BCUT2D eigenvalue weighted by atomic mass is 16.5. The number of anilines is 2. The standard InChI is InChI=1S/C35H34N2O8/c1-13-8-17-24-27-22(15(11-39)9-18(42)25(27)32-31(17)36-20(6-7-38)35(3,4)37-32)23-16(12-40)10-19(43)26-28(23)29(24)30(21(13)14(2)41)34(45-5)33(26)44/h8-10,20-21,36-40,44H,6-7,11-12H2,1-5H3. The van der Waals surface area contributed by atoms with E-state index in [2.05, 4.69) is 10.6 Å². The Bertz CT molecular complexity index is 2270. The van der Waals surface area contributed by atoms with Crippen LogP contribution in [0.5, 0.6) is 11.5 Å². The van der Waals surface area contributed by atoms with Crippen molar-refractivity contribution in [2.24, 2.45) is 0 Å². The van der Waals surface area contributed by atoms with E-state index in [0.29, 0.717) is 77.8 Å². The molecule has 2 atom stereocenters. The zero-order valence-corrected chi connectivity index (χ0v) is 25.6. The lowest BCUT2D eigenvalue weighted by Gasteiger charge is -2.43. The van der Waals surface area contributed by atoms with Crippen molar-refractivity contribution in [2.45, 2.75) is 64.8 Å². The van der Waals surface area contributed by atoms with Crippen LogP contribution in [-0.2, 0) is 18.0 Å². The topological polar surface area (TPSA) is 165 Å². The van der Waals surface area contributed by atoms with Crippen LogP contribution in [0.1, 0.15) is 62.3 Å². The van der Waals surface area contributed by atoms with Crippen molar-refractivity contribution in [3.05, 3.63) is 60.4 Å². The van der Waals surface area contributed by atoms with E-state index in [1.807, 2.05) is 26.8 Å². The molecule has 0 saturated carbocycles. The van der Waals surface area contributed by atoms with Crippen molar-refractivity contribution in [1.29, 1.82) is 0 Å². The van der Waals surface area contributed by atoms with Gasteiger partial charge in [-0.15, -0.1) is 0 Å². The predicted molar refractivity (Wildman–Crippen MR) is 175 cm³/mol. The van der Waals surface area contributed by atoms with Crippen LogP contribution in [0.2, 0.25) is 0 Å². The molecule has 1 heterocycles. The maximum absolute atomic E-state index is 14.1. The largest absolute Gasteiger partial charge is 0.504 e. The number of rotatable bonds is 6. The van der Waals surface area contributed by atoms with Gasteiger partial charge in [0.25, 0.3) is 0 Å². The minimum absolute atomic E-state index is 0.0153. The summed E-state index contributed by atoms with van der Waals surface area (Å²) in [6.07, 6.45) is 2.30. The quantitative estimate of drug-likeness (QED) is 0.122. The number of carbonyl (C=O) groups is 1. The molecule has 2 aliphatic rings. The summed E-state index contributed by atoms with van der Waals surface area (Å²) in [6, 6.07) is 2.39. The molecule has 5 aromatic carbocycles. The fourth-order valence-electron chi connectivity index (χ4n) is 8.04. The Morgan fingerprint density at radius 3 is 2.04 bits per heavy atom. The third-order valence-electron chi connectivity index (χ3n) is 9.87. The van der Waals surface area contributed by atoms with E-state index in [0.717, 1.165) is 0 Å². The van der Waals surface area contributed by atoms with E-state index in [-0.39, 0.29) is 40.6 Å². The lowest BCUT2D eigenvalue weighted by molar-refractivity contribution is -0.117. The van der Waals surface area contributed by atoms with Gasteiger partial charge in [0.15, 0.2) is 22.4 Å². The fourth-order valence-corrected chi connectivity index (χ4v) is 8.04. The first-order chi connectivity index (χ1) is 21.4. The summed E-state index contributed by atoms with van der Waals surface area (Å²) < 4.78 is 5.77. The lowest BCUT2D eigenvalue weighted by atomic mass is 9.78. The molecule has 0 bridgehead atoms. The van der Waals surface area contributed by atoms with E-state index in [1.165, 1.54) is 26.2 Å². The van der Waals surface area contributed by atoms with E-state index in [4.69, 9.17) is 4.74 Å². The molecule has 0 radical (unpaired) electrons. The zero-order valence-electron chi connectivity index (χ0n) is 25.6. The Kier molecular flexibility index (Phi) is 6.33. The van der Waals surface area contributed by atoms with E-state index in [9.17, 15) is 34.8 Å². The Morgan fingerprint density at radius 2 is 1.49 bits per heavy atom. The van der Waals surface area contributed by atoms with Crippen molar-refractivity contribution >= 4 is 66.3 Å². The number of ether oxygens (including phenoxy) is 1. The van der Waals surface area contributed by atoms with Crippen LogP contribution in [0.15, 0.2) is 27.3 Å². The Labute approximate surface area is 257 Å². The smallest absolute Gasteiger partial charge is 0.190 e. The Balaban J connectivity index is 1.93. The first-order valence-corrected chi connectivity index (χ1v) is 14.9. The molecular formula is C35H34N2O8. The second-order valence-corrected chi connectivity index (χ2v) is 12.8. The van der Waals surface area contributed by atoms with Gasteiger partial charge in [-0.05, 0) is 73.5 Å². The van der Waals surface area contributed by atoms with E-state index in [1.54, 1.807) is 0 Å². The highest BCUT2D eigenvalue weighted by molar-refractivity contribution is 6.40. The number of methoxy groups -OCH3 is 1. The van der Waals surface area contributed by atoms with Gasteiger partial charge in [-0.3, -0.25) is 14.4 Å². The number of allylic oxidation sites excluding steroid dienone is 1. The number of phenols is 1. The van der Waals surface area contributed by atoms with Gasteiger partial charge >= 0.3 is 0 Å². The number of fused-ring (bicyclic) bond motifs is 4. The fraction of sp³-hybridized carbons (Fsp3) is 0.343. The molecule has 1 aliphatic carbocycles. The number of hydrogen-bond donors (Lipinski definition) is 6. The van der Waals surface area contributed by atoms with Gasteiger partial charge in [0.1, 0.15) is 5.78 Å². The molecule has 0 aromatic heterocycles. The summed E-state index contributed by atoms with van der Waals surface area (Å²) in [5.74, 6) is -1.53. The highest BCUT2D eigenvalue weighted by Crippen LogP contribution is 2.57. The minimum atomic E-state index is -0.875. The Morgan fingerprint density at radius 1 is 0.889 bits per heavy atom. The average molecular weight is 611 g/mol. The number of ketones is 1. The van der Waals surface area contributed by atoms with Crippen LogP contribution in [0.25, 0.3) is 49.2 Å². The second-order valence-electron chi connectivity index (χ2n) is 12.8. The van der Waals surface area contributed by atoms with Crippen molar-refractivity contribution < 1.29 is 30.0 Å². The molecule has 10 heteroatoms. The SMILES string of the molecule is COc1c(O)c2c(=O)cc(CO)c3c4c(CO)cc(=O)c5c6c(c7c(c(c1C(C(C)=O)C(C)=C7)c23)c54)NC(CCO)C(C)(C)N6. The molecule has 6 N–H and O–H groups in total. The summed E-state index contributed by atoms with van der Waals surface area (Å²) in [5.41, 5.74) is 1.91. The van der Waals surface area contributed by atoms with Gasteiger partial charge in [0, 0.05) is 33.9 Å². The average Bonchev–Trinajstić information content (AvgIpc) is 3.11. The van der Waals surface area contributed by atoms with Gasteiger partial charge in [0.05, 0.1) is 60.0 Å². The van der Waals surface area contributed by atoms with Gasteiger partial charge in [-0.2, -0.15) is 0 Å². The number of aliphatic hydroxyl groups excluding tert-OH is 3. The number of nitrogens with one attached hydrogen (secondary N) is 2. The number of benzene rings is 5. The van der Waals surface area contributed by atoms with Crippen molar-refractivity contribution in [3.63, 3.8) is 0 Å². The summed E-state index contributed by atoms with van der Waals surface area (Å²) in [5, 5.41) is 53.1. The van der Waals surface area contributed by atoms with Gasteiger partial charge < -0.3 is 35.8 Å². The molecule has 1 aliphatic heterocycles. The molecule has 0 amide bonds. The Hall–Kier alpha value is -4.51. The molecule has 5 aromatic rings. The lowest BCUT2D eigenvalue weighted by Crippen LogP contribution is -2.52. The van der Waals surface area contributed by atoms with Gasteiger partial charge in [-0.25, -0.2) is 0 Å². The van der Waals surface area contributed by atoms with Crippen LogP contribution in [0, 0.1) is 0 Å². The van der Waals surface area contributed by atoms with Crippen LogP contribution in [-0.4, -0.2) is 51.5 Å². The molecule has 0 saturated heterocycles. The first kappa shape index (κ1) is 29.2. The van der Waals surface area contributed by atoms with Crippen molar-refractivity contribution in [3.8, 4) is 11.5 Å². The molecule has 0 spiro atoms. The molecule has 7 rings (SSSR count). The summed E-state index contributed by atoms with van der Waals surface area (Å²) in [6.45, 7) is 6.14. The summed E-state index contributed by atoms with van der Waals surface area (Å²) in [4.78, 5) is 41.3. The highest BCUT2D eigenvalue weighted by Gasteiger charge is 2.41. The normalized spacial score (nSPS) is 18.7. The van der Waals surface area contributed by atoms with Crippen LogP contribution in [0.3, 0.4) is 0 Å². The maximum Gasteiger partial charge on any atom is 0.190 e. The third kappa shape index (κ3) is 3.64. The summed E-state index contributed by atoms with van der Waals surface area (Å²) >= 11 is 0. The molecule has 45 heavy (non-hydrogen) atoms. The number of aliphatic hydroxyl groups is 3. The van der Waals surface area contributed by atoms with Crippen molar-refractivity contribution in [2.75, 3.05) is 24.4 Å². The maximum atomic E-state index is 14.1. The second kappa shape index (κ2) is 9.74. The number of hydrogen-bond acceptors (Lipinski definition) is 10. The third-order valence-corrected chi connectivity index (χ3v) is 9.87. The van der Waals surface area contributed by atoms with Gasteiger partial charge in [0.2, 0.25) is 0 Å². The van der Waals surface area contributed by atoms with Gasteiger partial charge in [-0.1, -0.05) is 11.6 Å². The van der Waals surface area contributed by atoms with Crippen LogP contribution in [0.4, 0.5) is 11.4 Å². The van der Waals surface area contributed by atoms with E-state index < -0.39 is 35.8 Å². The number of aromatic hydroxyl groups is 1. The number of phenolic OH excluding ortho intramolecular Hbond substituents is 1. The predicted octanol–water partition coefficient (Wildman–Crippen LogP) is 4.05. The first-order valence-electron chi connectivity index (χ1n) is 14.9. The molecular weight excluding hydrogens is 576 g/mol. The molecule has 2 unspecified atom stereocenters. The van der Waals surface area contributed by atoms with Crippen molar-refractivity contribution in [1.82, 2.24) is 0 Å². The molecule has 10 nitrogen and oxygen atoms in total.